The first kappa shape index (κ1) is 15.1. The maximum absolute atomic E-state index is 5.73. The summed E-state index contributed by atoms with van der Waals surface area (Å²) in [5.74, 6) is 1.62. The molecule has 1 aliphatic rings. The fraction of sp³-hybridized carbons (Fsp3) is 0.625. The summed E-state index contributed by atoms with van der Waals surface area (Å²) in [5, 5.41) is 3.60. The molecule has 4 heteroatoms. The molecule has 1 N–H and O–H groups in total. The van der Waals surface area contributed by atoms with Crippen molar-refractivity contribution in [2.24, 2.45) is 0 Å². The molecule has 0 saturated carbocycles. The second kappa shape index (κ2) is 6.95. The Bertz CT molecular complexity index is 434. The molecule has 0 amide bonds. The van der Waals surface area contributed by atoms with Crippen LogP contribution in [0.1, 0.15) is 25.8 Å². The number of methoxy groups -OCH3 is 1. The van der Waals surface area contributed by atoms with E-state index < -0.39 is 0 Å². The largest absolute Gasteiger partial charge is 0.493 e. The van der Waals surface area contributed by atoms with Gasteiger partial charge in [0.25, 0.3) is 0 Å². The maximum Gasteiger partial charge on any atom is 0.161 e. The predicted molar refractivity (Wildman–Crippen MR) is 81.5 cm³/mol. The molecule has 0 aromatic heterocycles. The van der Waals surface area contributed by atoms with Crippen molar-refractivity contribution in [1.29, 1.82) is 0 Å². The number of likely N-dealkylation sites (tertiary alicyclic amines) is 1. The quantitative estimate of drug-likeness (QED) is 0.865. The molecule has 1 saturated heterocycles. The summed E-state index contributed by atoms with van der Waals surface area (Å²) in [6, 6.07) is 6.75. The van der Waals surface area contributed by atoms with Crippen LogP contribution in [0.2, 0.25) is 0 Å². The normalized spacial score (nSPS) is 19.6. The van der Waals surface area contributed by atoms with E-state index in [-0.39, 0.29) is 6.10 Å². The van der Waals surface area contributed by atoms with Crippen LogP contribution >= 0.6 is 0 Å². The first-order chi connectivity index (χ1) is 9.58. The molecular weight excluding hydrogens is 252 g/mol. The van der Waals surface area contributed by atoms with Gasteiger partial charge in [-0.2, -0.15) is 0 Å². The van der Waals surface area contributed by atoms with Crippen molar-refractivity contribution in [2.45, 2.75) is 39.0 Å². The highest BCUT2D eigenvalue weighted by Crippen LogP contribution is 2.29. The molecule has 1 fully saturated rings. The minimum atomic E-state index is 0.155. The molecule has 1 unspecified atom stereocenters. The zero-order chi connectivity index (χ0) is 14.5. The van der Waals surface area contributed by atoms with Crippen LogP contribution in [0.15, 0.2) is 18.2 Å². The molecule has 1 aliphatic heterocycles. The Morgan fingerprint density at radius 1 is 1.35 bits per heavy atom. The molecule has 2 rings (SSSR count). The summed E-state index contributed by atoms with van der Waals surface area (Å²) < 4.78 is 11.1. The third-order valence-electron chi connectivity index (χ3n) is 3.58. The van der Waals surface area contributed by atoms with Gasteiger partial charge in [-0.15, -0.1) is 0 Å². The van der Waals surface area contributed by atoms with E-state index in [0.29, 0.717) is 6.04 Å². The Labute approximate surface area is 122 Å². The van der Waals surface area contributed by atoms with Gasteiger partial charge in [0.1, 0.15) is 0 Å². The third-order valence-corrected chi connectivity index (χ3v) is 3.58. The fourth-order valence-corrected chi connectivity index (χ4v) is 2.54. The number of nitrogens with one attached hydrogen (secondary N) is 1. The molecule has 0 spiro atoms. The van der Waals surface area contributed by atoms with E-state index in [9.17, 15) is 0 Å². The Morgan fingerprint density at radius 2 is 2.15 bits per heavy atom. The Balaban J connectivity index is 1.95. The molecule has 1 atom stereocenters. The Kier molecular flexibility index (Phi) is 5.26. The van der Waals surface area contributed by atoms with Crippen molar-refractivity contribution >= 4 is 0 Å². The standard InChI is InChI=1S/C16H26N2O2/c1-12(2)20-15-6-5-13(9-16(15)19-4)10-17-14-7-8-18(3)11-14/h5-6,9,12,14,17H,7-8,10-11H2,1-4H3. The van der Waals surface area contributed by atoms with Crippen molar-refractivity contribution in [2.75, 3.05) is 27.2 Å². The smallest absolute Gasteiger partial charge is 0.161 e. The Hall–Kier alpha value is -1.26. The van der Waals surface area contributed by atoms with Crippen molar-refractivity contribution < 1.29 is 9.47 Å². The first-order valence-corrected chi connectivity index (χ1v) is 7.34. The summed E-state index contributed by atoms with van der Waals surface area (Å²) in [7, 11) is 3.86. The van der Waals surface area contributed by atoms with Crippen LogP contribution in [0.25, 0.3) is 0 Å². The molecule has 0 aliphatic carbocycles. The van der Waals surface area contributed by atoms with Gasteiger partial charge in [-0.1, -0.05) is 6.07 Å². The number of hydrogen-bond acceptors (Lipinski definition) is 4. The van der Waals surface area contributed by atoms with Gasteiger partial charge in [-0.3, -0.25) is 0 Å². The van der Waals surface area contributed by atoms with Gasteiger partial charge < -0.3 is 19.7 Å². The number of likely N-dealkylation sites (N-methyl/N-ethyl adjacent to an activating group) is 1. The molecule has 0 radical (unpaired) electrons. The highest BCUT2D eigenvalue weighted by atomic mass is 16.5. The molecule has 4 nitrogen and oxygen atoms in total. The van der Waals surface area contributed by atoms with Crippen LogP contribution in [0.3, 0.4) is 0 Å². The summed E-state index contributed by atoms with van der Waals surface area (Å²) >= 11 is 0. The van der Waals surface area contributed by atoms with Crippen molar-refractivity contribution in [3.8, 4) is 11.5 Å². The van der Waals surface area contributed by atoms with E-state index in [0.717, 1.165) is 24.6 Å². The van der Waals surface area contributed by atoms with Gasteiger partial charge in [0.15, 0.2) is 11.5 Å². The van der Waals surface area contributed by atoms with Crippen molar-refractivity contribution in [1.82, 2.24) is 10.2 Å². The van der Waals surface area contributed by atoms with Crippen LogP contribution in [0.5, 0.6) is 11.5 Å². The van der Waals surface area contributed by atoms with Gasteiger partial charge in [0.05, 0.1) is 13.2 Å². The molecule has 112 valence electrons. The lowest BCUT2D eigenvalue weighted by molar-refractivity contribution is 0.230. The van der Waals surface area contributed by atoms with Gasteiger partial charge in [-0.05, 0) is 51.6 Å². The van der Waals surface area contributed by atoms with Crippen LogP contribution in [0, 0.1) is 0 Å². The lowest BCUT2D eigenvalue weighted by Crippen LogP contribution is -2.30. The number of benzene rings is 1. The minimum absolute atomic E-state index is 0.155. The summed E-state index contributed by atoms with van der Waals surface area (Å²) in [6.07, 6.45) is 1.38. The maximum atomic E-state index is 5.73. The van der Waals surface area contributed by atoms with Crippen LogP contribution in [0.4, 0.5) is 0 Å². The molecule has 1 heterocycles. The highest BCUT2D eigenvalue weighted by Gasteiger charge is 2.18. The second-order valence-corrected chi connectivity index (χ2v) is 5.78. The summed E-state index contributed by atoms with van der Waals surface area (Å²) in [6.45, 7) is 7.22. The van der Waals surface area contributed by atoms with Crippen molar-refractivity contribution in [3.63, 3.8) is 0 Å². The van der Waals surface area contributed by atoms with Crippen LogP contribution in [-0.2, 0) is 6.54 Å². The molecule has 1 aromatic rings. The number of rotatable bonds is 6. The number of ether oxygens (including phenoxy) is 2. The minimum Gasteiger partial charge on any atom is -0.493 e. The average molecular weight is 278 g/mol. The predicted octanol–water partition coefficient (Wildman–Crippen LogP) is 2.28. The van der Waals surface area contributed by atoms with E-state index in [1.54, 1.807) is 7.11 Å². The SMILES string of the molecule is COc1cc(CNC2CCN(C)C2)ccc1OC(C)C. The van der Waals surface area contributed by atoms with Gasteiger partial charge in [0.2, 0.25) is 0 Å². The van der Waals surface area contributed by atoms with Crippen LogP contribution < -0.4 is 14.8 Å². The number of hydrogen-bond donors (Lipinski definition) is 1. The van der Waals surface area contributed by atoms with E-state index in [2.05, 4.69) is 29.4 Å². The molecule has 0 bridgehead atoms. The fourth-order valence-electron chi connectivity index (χ4n) is 2.54. The van der Waals surface area contributed by atoms with E-state index in [1.807, 2.05) is 19.9 Å². The average Bonchev–Trinajstić information content (AvgIpc) is 2.83. The molecule has 20 heavy (non-hydrogen) atoms. The summed E-state index contributed by atoms with van der Waals surface area (Å²) in [4.78, 5) is 2.36. The first-order valence-electron chi connectivity index (χ1n) is 7.34. The second-order valence-electron chi connectivity index (χ2n) is 5.78. The Morgan fingerprint density at radius 3 is 2.75 bits per heavy atom. The molecular formula is C16H26N2O2. The zero-order valence-electron chi connectivity index (χ0n) is 13.0. The van der Waals surface area contributed by atoms with E-state index >= 15 is 0 Å². The number of nitrogens with zero attached hydrogens (tertiary/aromatic N) is 1. The van der Waals surface area contributed by atoms with Crippen LogP contribution in [-0.4, -0.2) is 44.3 Å². The molecule has 1 aromatic carbocycles. The summed E-state index contributed by atoms with van der Waals surface area (Å²) in [5.41, 5.74) is 1.23. The topological polar surface area (TPSA) is 33.7 Å². The third kappa shape index (κ3) is 4.12. The van der Waals surface area contributed by atoms with Gasteiger partial charge >= 0.3 is 0 Å². The lowest BCUT2D eigenvalue weighted by Gasteiger charge is -2.16. The van der Waals surface area contributed by atoms with E-state index in [1.165, 1.54) is 18.5 Å². The monoisotopic (exact) mass is 278 g/mol. The lowest BCUT2D eigenvalue weighted by atomic mass is 10.1. The highest BCUT2D eigenvalue weighted by molar-refractivity contribution is 5.43. The van der Waals surface area contributed by atoms with E-state index in [4.69, 9.17) is 9.47 Å². The van der Waals surface area contributed by atoms with Gasteiger partial charge in [0, 0.05) is 19.1 Å². The zero-order valence-corrected chi connectivity index (χ0v) is 13.0. The van der Waals surface area contributed by atoms with Gasteiger partial charge in [-0.25, -0.2) is 0 Å². The van der Waals surface area contributed by atoms with Crippen molar-refractivity contribution in [3.05, 3.63) is 23.8 Å².